The second-order valence-corrected chi connectivity index (χ2v) is 6.64. The summed E-state index contributed by atoms with van der Waals surface area (Å²) in [5.41, 5.74) is 0.582. The van der Waals surface area contributed by atoms with Gasteiger partial charge < -0.3 is 10.1 Å². The Bertz CT molecular complexity index is 266. The SMILES string of the molecule is CC(C)CC1(CNCC2CCC=CO2)CCCC1. The minimum absolute atomic E-state index is 0.396. The predicted octanol–water partition coefficient (Wildman–Crippen LogP) is 3.88. The zero-order valence-electron chi connectivity index (χ0n) is 12.1. The number of hydrogen-bond acceptors (Lipinski definition) is 2. The predicted molar refractivity (Wildman–Crippen MR) is 76.5 cm³/mol. The molecule has 0 amide bonds. The van der Waals surface area contributed by atoms with E-state index in [1.54, 1.807) is 0 Å². The molecule has 2 aliphatic rings. The van der Waals surface area contributed by atoms with Crippen molar-refractivity contribution in [1.29, 1.82) is 0 Å². The van der Waals surface area contributed by atoms with Crippen molar-refractivity contribution in [2.75, 3.05) is 13.1 Å². The largest absolute Gasteiger partial charge is 0.497 e. The van der Waals surface area contributed by atoms with Crippen molar-refractivity contribution in [2.45, 2.75) is 64.9 Å². The first-order valence-electron chi connectivity index (χ1n) is 7.71. The second-order valence-electron chi connectivity index (χ2n) is 6.64. The van der Waals surface area contributed by atoms with Gasteiger partial charge in [0.25, 0.3) is 0 Å². The lowest BCUT2D eigenvalue weighted by Gasteiger charge is -2.32. The Morgan fingerprint density at radius 2 is 2.11 bits per heavy atom. The zero-order valence-corrected chi connectivity index (χ0v) is 12.1. The van der Waals surface area contributed by atoms with Gasteiger partial charge in [0.1, 0.15) is 6.10 Å². The van der Waals surface area contributed by atoms with Crippen LogP contribution >= 0.6 is 0 Å². The van der Waals surface area contributed by atoms with Crippen LogP contribution in [0.3, 0.4) is 0 Å². The molecular weight excluding hydrogens is 222 g/mol. The summed E-state index contributed by atoms with van der Waals surface area (Å²) in [6.45, 7) is 6.92. The third-order valence-corrected chi connectivity index (χ3v) is 4.40. The highest BCUT2D eigenvalue weighted by Crippen LogP contribution is 2.42. The molecule has 0 aromatic rings. The van der Waals surface area contributed by atoms with E-state index in [1.807, 2.05) is 6.26 Å². The lowest BCUT2D eigenvalue weighted by Crippen LogP contribution is -2.38. The van der Waals surface area contributed by atoms with Crippen molar-refractivity contribution < 1.29 is 4.74 Å². The van der Waals surface area contributed by atoms with E-state index in [2.05, 4.69) is 25.2 Å². The third kappa shape index (κ3) is 4.01. The topological polar surface area (TPSA) is 21.3 Å². The van der Waals surface area contributed by atoms with Crippen molar-refractivity contribution in [2.24, 2.45) is 11.3 Å². The molecule has 0 radical (unpaired) electrons. The fourth-order valence-electron chi connectivity index (χ4n) is 3.68. The van der Waals surface area contributed by atoms with E-state index in [9.17, 15) is 0 Å². The maximum atomic E-state index is 5.61. The number of allylic oxidation sites excluding steroid dienone is 1. The molecule has 1 fully saturated rings. The molecule has 1 heterocycles. The van der Waals surface area contributed by atoms with Crippen molar-refractivity contribution in [1.82, 2.24) is 5.32 Å². The Balaban J connectivity index is 1.73. The number of hydrogen-bond donors (Lipinski definition) is 1. The molecule has 2 heteroatoms. The summed E-state index contributed by atoms with van der Waals surface area (Å²) in [4.78, 5) is 0. The summed E-state index contributed by atoms with van der Waals surface area (Å²) < 4.78 is 5.61. The van der Waals surface area contributed by atoms with Crippen LogP contribution in [-0.2, 0) is 4.74 Å². The lowest BCUT2D eigenvalue weighted by molar-refractivity contribution is 0.115. The third-order valence-electron chi connectivity index (χ3n) is 4.40. The highest BCUT2D eigenvalue weighted by molar-refractivity contribution is 4.88. The van der Waals surface area contributed by atoms with Crippen LogP contribution in [0.2, 0.25) is 0 Å². The molecule has 0 bridgehead atoms. The molecular formula is C16H29NO. The lowest BCUT2D eigenvalue weighted by atomic mass is 9.78. The first-order valence-corrected chi connectivity index (χ1v) is 7.71. The van der Waals surface area contributed by atoms with Gasteiger partial charge >= 0.3 is 0 Å². The van der Waals surface area contributed by atoms with E-state index in [4.69, 9.17) is 4.74 Å². The smallest absolute Gasteiger partial charge is 0.110 e. The van der Waals surface area contributed by atoms with Gasteiger partial charge in [0.2, 0.25) is 0 Å². The van der Waals surface area contributed by atoms with Gasteiger partial charge in [-0.05, 0) is 49.5 Å². The van der Waals surface area contributed by atoms with Gasteiger partial charge in [0.05, 0.1) is 6.26 Å². The number of rotatable bonds is 6. The summed E-state index contributed by atoms with van der Waals surface area (Å²) in [6.07, 6.45) is 13.8. The summed E-state index contributed by atoms with van der Waals surface area (Å²) in [7, 11) is 0. The molecule has 1 atom stereocenters. The summed E-state index contributed by atoms with van der Waals surface area (Å²) >= 11 is 0. The van der Waals surface area contributed by atoms with E-state index >= 15 is 0 Å². The molecule has 1 N–H and O–H groups in total. The van der Waals surface area contributed by atoms with Crippen LogP contribution in [-0.4, -0.2) is 19.2 Å². The fourth-order valence-corrected chi connectivity index (χ4v) is 3.68. The van der Waals surface area contributed by atoms with E-state index in [0.717, 1.165) is 12.5 Å². The van der Waals surface area contributed by atoms with Gasteiger partial charge in [-0.15, -0.1) is 0 Å². The van der Waals surface area contributed by atoms with Crippen LogP contribution in [0.1, 0.15) is 58.8 Å². The standard InChI is InChI=1S/C16H29NO/c1-14(2)11-16(8-4-5-9-16)13-17-12-15-7-3-6-10-18-15/h6,10,14-15,17H,3-5,7-9,11-13H2,1-2H3. The van der Waals surface area contributed by atoms with Gasteiger partial charge in [-0.25, -0.2) is 0 Å². The molecule has 2 nitrogen and oxygen atoms in total. The fraction of sp³-hybridized carbons (Fsp3) is 0.875. The summed E-state index contributed by atoms with van der Waals surface area (Å²) in [5, 5.41) is 3.68. The van der Waals surface area contributed by atoms with E-state index < -0.39 is 0 Å². The quantitative estimate of drug-likeness (QED) is 0.773. The van der Waals surface area contributed by atoms with E-state index in [0.29, 0.717) is 11.5 Å². The monoisotopic (exact) mass is 251 g/mol. The second kappa shape index (κ2) is 6.60. The molecule has 2 rings (SSSR count). The minimum Gasteiger partial charge on any atom is -0.497 e. The van der Waals surface area contributed by atoms with Gasteiger partial charge in [-0.1, -0.05) is 26.7 Å². The average molecular weight is 251 g/mol. The molecule has 0 aromatic heterocycles. The van der Waals surface area contributed by atoms with Gasteiger partial charge in [0, 0.05) is 13.1 Å². The molecule has 104 valence electrons. The molecule has 1 aliphatic heterocycles. The normalized spacial score (nSPS) is 26.5. The highest BCUT2D eigenvalue weighted by Gasteiger charge is 2.34. The highest BCUT2D eigenvalue weighted by atomic mass is 16.5. The first-order chi connectivity index (χ1) is 8.70. The van der Waals surface area contributed by atoms with Gasteiger partial charge in [0.15, 0.2) is 0 Å². The molecule has 1 saturated carbocycles. The zero-order chi connectivity index (χ0) is 12.8. The Labute approximate surface area is 112 Å². The summed E-state index contributed by atoms with van der Waals surface area (Å²) in [6, 6.07) is 0. The van der Waals surface area contributed by atoms with Crippen molar-refractivity contribution in [3.05, 3.63) is 12.3 Å². The molecule has 1 aliphatic carbocycles. The molecule has 0 aromatic carbocycles. The van der Waals surface area contributed by atoms with Crippen LogP contribution < -0.4 is 5.32 Å². The van der Waals surface area contributed by atoms with Crippen LogP contribution in [0, 0.1) is 11.3 Å². The Kier molecular flexibility index (Phi) is 5.11. The Hall–Kier alpha value is -0.500. The minimum atomic E-state index is 0.396. The molecule has 18 heavy (non-hydrogen) atoms. The van der Waals surface area contributed by atoms with E-state index in [-0.39, 0.29) is 0 Å². The summed E-state index contributed by atoms with van der Waals surface area (Å²) in [5.74, 6) is 0.818. The molecule has 1 unspecified atom stereocenters. The van der Waals surface area contributed by atoms with Crippen molar-refractivity contribution in [3.63, 3.8) is 0 Å². The van der Waals surface area contributed by atoms with Crippen molar-refractivity contribution in [3.8, 4) is 0 Å². The molecule has 0 spiro atoms. The Morgan fingerprint density at radius 1 is 1.33 bits per heavy atom. The van der Waals surface area contributed by atoms with Gasteiger partial charge in [-0.2, -0.15) is 0 Å². The Morgan fingerprint density at radius 3 is 2.72 bits per heavy atom. The maximum absolute atomic E-state index is 5.61. The van der Waals surface area contributed by atoms with Crippen LogP contribution in [0.15, 0.2) is 12.3 Å². The van der Waals surface area contributed by atoms with Crippen LogP contribution in [0.5, 0.6) is 0 Å². The molecule has 0 saturated heterocycles. The van der Waals surface area contributed by atoms with Gasteiger partial charge in [-0.3, -0.25) is 0 Å². The maximum Gasteiger partial charge on any atom is 0.110 e. The van der Waals surface area contributed by atoms with Crippen LogP contribution in [0.25, 0.3) is 0 Å². The first kappa shape index (κ1) is 13.9. The number of nitrogens with one attached hydrogen (secondary N) is 1. The van der Waals surface area contributed by atoms with Crippen molar-refractivity contribution >= 4 is 0 Å². The van der Waals surface area contributed by atoms with E-state index in [1.165, 1.54) is 51.5 Å². The average Bonchev–Trinajstić information content (AvgIpc) is 2.78. The number of ether oxygens (including phenoxy) is 1. The van der Waals surface area contributed by atoms with Crippen LogP contribution in [0.4, 0.5) is 0 Å².